The van der Waals surface area contributed by atoms with Gasteiger partial charge in [0.25, 0.3) is 5.91 Å². The summed E-state index contributed by atoms with van der Waals surface area (Å²) in [4.78, 5) is 45.2. The Hall–Kier alpha value is -3.48. The van der Waals surface area contributed by atoms with E-state index in [0.29, 0.717) is 29.3 Å². The molecular formula is C35H36Cl2N4O5S2. The lowest BCUT2D eigenvalue weighted by molar-refractivity contribution is -0.142. The maximum atomic E-state index is 14.1. The van der Waals surface area contributed by atoms with E-state index in [1.54, 1.807) is 9.80 Å². The Labute approximate surface area is 294 Å². The van der Waals surface area contributed by atoms with Gasteiger partial charge < -0.3 is 15.1 Å². The van der Waals surface area contributed by atoms with Gasteiger partial charge in [-0.3, -0.25) is 14.4 Å². The van der Waals surface area contributed by atoms with Gasteiger partial charge in [0.1, 0.15) is 17.0 Å². The molecule has 1 unspecified atom stereocenters. The molecule has 2 saturated heterocycles. The van der Waals surface area contributed by atoms with Crippen LogP contribution in [0.2, 0.25) is 10.0 Å². The molecule has 2 aliphatic heterocycles. The number of benzene rings is 3. The van der Waals surface area contributed by atoms with Crippen LogP contribution in [0.5, 0.6) is 0 Å². The lowest BCUT2D eigenvalue weighted by Crippen LogP contribution is -2.58. The van der Waals surface area contributed by atoms with E-state index in [1.807, 2.05) is 74.5 Å². The number of nitrogens with zero attached hydrogens (tertiary/aromatic N) is 2. The zero-order valence-electron chi connectivity index (χ0n) is 26.4. The summed E-state index contributed by atoms with van der Waals surface area (Å²) in [6.07, 6.45) is 1.17. The van der Waals surface area contributed by atoms with Crippen molar-refractivity contribution in [3.63, 3.8) is 0 Å². The third-order valence-electron chi connectivity index (χ3n) is 8.83. The summed E-state index contributed by atoms with van der Waals surface area (Å²) in [5.74, 6) is -0.672. The molecule has 0 radical (unpaired) electrons. The molecule has 0 spiro atoms. The highest BCUT2D eigenvalue weighted by atomic mass is 35.5. The fourth-order valence-electron chi connectivity index (χ4n) is 6.60. The summed E-state index contributed by atoms with van der Waals surface area (Å²) < 4.78 is 30.6. The van der Waals surface area contributed by atoms with Crippen LogP contribution in [0.4, 0.5) is 0 Å². The van der Waals surface area contributed by atoms with Gasteiger partial charge in [0.05, 0.1) is 22.0 Å². The van der Waals surface area contributed by atoms with Crippen molar-refractivity contribution in [2.45, 2.75) is 62.2 Å². The second-order valence-electron chi connectivity index (χ2n) is 12.8. The van der Waals surface area contributed by atoms with Gasteiger partial charge in [0, 0.05) is 22.8 Å². The molecule has 0 saturated carbocycles. The molecule has 4 atom stereocenters. The summed E-state index contributed by atoms with van der Waals surface area (Å²) in [6, 6.07) is 20.5. The quantitative estimate of drug-likeness (QED) is 0.204. The van der Waals surface area contributed by atoms with Crippen LogP contribution < -0.4 is 10.0 Å². The van der Waals surface area contributed by atoms with Crippen molar-refractivity contribution in [1.82, 2.24) is 19.8 Å². The highest BCUT2D eigenvalue weighted by molar-refractivity contribution is 7.89. The first-order valence-electron chi connectivity index (χ1n) is 15.8. The summed E-state index contributed by atoms with van der Waals surface area (Å²) in [7, 11) is -4.20. The molecule has 3 amide bonds. The van der Waals surface area contributed by atoms with Crippen LogP contribution in [0.1, 0.15) is 41.9 Å². The van der Waals surface area contributed by atoms with Crippen molar-refractivity contribution >= 4 is 72.4 Å². The number of halogens is 2. The van der Waals surface area contributed by atoms with E-state index < -0.39 is 22.1 Å². The molecule has 2 bridgehead atoms. The van der Waals surface area contributed by atoms with Crippen molar-refractivity contribution in [2.24, 2.45) is 5.92 Å². The first-order valence-corrected chi connectivity index (χ1v) is 18.9. The van der Waals surface area contributed by atoms with Crippen molar-refractivity contribution in [3.8, 4) is 0 Å². The van der Waals surface area contributed by atoms with E-state index >= 15 is 0 Å². The van der Waals surface area contributed by atoms with Gasteiger partial charge in [0.15, 0.2) is 0 Å². The summed E-state index contributed by atoms with van der Waals surface area (Å²) >= 11 is 13.6. The van der Waals surface area contributed by atoms with E-state index in [1.165, 1.54) is 29.5 Å². The minimum absolute atomic E-state index is 0.0503. The van der Waals surface area contributed by atoms with Crippen LogP contribution in [0.25, 0.3) is 10.1 Å². The molecule has 2 fully saturated rings. The van der Waals surface area contributed by atoms with E-state index in [-0.39, 0.29) is 58.6 Å². The Kier molecular flexibility index (Phi) is 10.1. The molecule has 13 heteroatoms. The largest absolute Gasteiger partial charge is 0.340 e. The number of fused-ring (bicyclic) bond motifs is 3. The van der Waals surface area contributed by atoms with Crippen molar-refractivity contribution in [2.75, 3.05) is 13.1 Å². The van der Waals surface area contributed by atoms with Gasteiger partial charge in [-0.15, -0.1) is 11.3 Å². The first-order chi connectivity index (χ1) is 22.9. The number of nitrogens with one attached hydrogen (secondary N) is 2. The second kappa shape index (κ2) is 14.2. The van der Waals surface area contributed by atoms with E-state index in [2.05, 4.69) is 10.0 Å². The number of carbonyl (C=O) groups is 3. The fourth-order valence-corrected chi connectivity index (χ4v) is 9.52. The average Bonchev–Trinajstić information content (AvgIpc) is 3.78. The number of hydrogen-bond acceptors (Lipinski definition) is 6. The first kappa shape index (κ1) is 34.4. The molecule has 6 rings (SSSR count). The lowest BCUT2D eigenvalue weighted by atomic mass is 10.0. The Balaban J connectivity index is 1.17. The van der Waals surface area contributed by atoms with E-state index in [4.69, 9.17) is 23.2 Å². The highest BCUT2D eigenvalue weighted by Crippen LogP contribution is 2.33. The molecule has 3 aromatic carbocycles. The van der Waals surface area contributed by atoms with Crippen LogP contribution in [0.3, 0.4) is 0 Å². The Morgan fingerprint density at radius 3 is 2.15 bits per heavy atom. The number of hydrogen-bond donors (Lipinski definition) is 2. The lowest BCUT2D eigenvalue weighted by Gasteiger charge is -2.37. The second-order valence-corrected chi connectivity index (χ2v) is 16.4. The number of carbonyl (C=O) groups excluding carboxylic acids is 3. The Morgan fingerprint density at radius 1 is 0.875 bits per heavy atom. The molecule has 3 heterocycles. The summed E-state index contributed by atoms with van der Waals surface area (Å²) in [6.45, 7) is 4.58. The predicted octanol–water partition coefficient (Wildman–Crippen LogP) is 5.75. The summed E-state index contributed by atoms with van der Waals surface area (Å²) in [5, 5.41) is 4.21. The van der Waals surface area contributed by atoms with Gasteiger partial charge in [-0.1, -0.05) is 85.6 Å². The molecule has 2 N–H and O–H groups in total. The monoisotopic (exact) mass is 726 g/mol. The van der Waals surface area contributed by atoms with Gasteiger partial charge in [-0.25, -0.2) is 8.42 Å². The van der Waals surface area contributed by atoms with Crippen LogP contribution in [0, 0.1) is 5.92 Å². The smallest absolute Gasteiger partial charge is 0.262 e. The number of amides is 3. The molecule has 48 heavy (non-hydrogen) atoms. The minimum atomic E-state index is -4.20. The van der Waals surface area contributed by atoms with Crippen molar-refractivity contribution in [3.05, 3.63) is 99.3 Å². The van der Waals surface area contributed by atoms with E-state index in [9.17, 15) is 22.8 Å². The van der Waals surface area contributed by atoms with Gasteiger partial charge >= 0.3 is 0 Å². The number of thiophene rings is 1. The highest BCUT2D eigenvalue weighted by Gasteiger charge is 2.49. The number of rotatable bonds is 11. The predicted molar refractivity (Wildman–Crippen MR) is 189 cm³/mol. The van der Waals surface area contributed by atoms with Crippen LogP contribution in [0.15, 0.2) is 83.8 Å². The van der Waals surface area contributed by atoms with E-state index in [0.717, 1.165) is 15.6 Å². The molecule has 2 aliphatic rings. The molecule has 0 aliphatic carbocycles. The normalized spacial score (nSPS) is 18.8. The molecular weight excluding hydrogens is 691 g/mol. The molecule has 1 aromatic heterocycles. The zero-order chi connectivity index (χ0) is 34.2. The van der Waals surface area contributed by atoms with Gasteiger partial charge in [0.2, 0.25) is 21.8 Å². The van der Waals surface area contributed by atoms with Crippen LogP contribution in [-0.4, -0.2) is 73.2 Å². The average molecular weight is 728 g/mol. The van der Waals surface area contributed by atoms with Gasteiger partial charge in [-0.05, 0) is 66.5 Å². The van der Waals surface area contributed by atoms with Crippen molar-refractivity contribution in [1.29, 1.82) is 0 Å². The Bertz CT molecular complexity index is 1920. The van der Waals surface area contributed by atoms with Crippen LogP contribution >= 0.6 is 34.5 Å². The molecule has 252 valence electrons. The molecule has 4 aromatic rings. The van der Waals surface area contributed by atoms with Crippen molar-refractivity contribution < 1.29 is 22.8 Å². The SMILES string of the molecule is CC(C)CC(NC(=O)c1cc2ccccc2s1)C(=O)N1C[C@@H]2C[C@H]1CN2C(=O)[C@H](Cc1ccccc1)NS(=O)(=O)c1ccc(Cl)cc1Cl. The maximum Gasteiger partial charge on any atom is 0.262 e. The van der Waals surface area contributed by atoms with Crippen LogP contribution in [-0.2, 0) is 26.0 Å². The van der Waals surface area contributed by atoms with Gasteiger partial charge in [-0.2, -0.15) is 4.72 Å². The number of likely N-dealkylation sites (tertiary alicyclic amines) is 2. The summed E-state index contributed by atoms with van der Waals surface area (Å²) in [5.41, 5.74) is 0.785. The fraction of sp³-hybridized carbons (Fsp3) is 0.343. The maximum absolute atomic E-state index is 14.1. The standard InChI is InChI=1S/C35H36Cl2N4O5S2/c1-21(2)14-28(38-33(42)31-16-23-10-6-7-11-30(23)47-31)34(43)40-19-26-18-25(40)20-41(26)35(44)29(15-22-8-4-3-5-9-22)39-48(45,46)32-13-12-24(36)17-27(32)37/h3-13,16-17,21,25-26,28-29,39H,14-15,18-20H2,1-2H3,(H,38,42)/t25-,26-,28?,29-/m0/s1. The Morgan fingerprint density at radius 2 is 1.52 bits per heavy atom. The topological polar surface area (TPSA) is 116 Å². The number of sulfonamides is 1. The third-order valence-corrected chi connectivity index (χ3v) is 12.1. The third kappa shape index (κ3) is 7.40. The number of piperazine rings is 1. The molecule has 9 nitrogen and oxygen atoms in total. The zero-order valence-corrected chi connectivity index (χ0v) is 29.6. The minimum Gasteiger partial charge on any atom is -0.340 e.